The SMILES string of the molecule is CC(C)[Si](OCC(=O)N(N)C(=O)c1ncc(S(=O)(=O)c2cccc(OC(F)(F)F)c2)cc1N)(C(C)C)C(C)C. The van der Waals surface area contributed by atoms with Crippen molar-refractivity contribution in [2.24, 2.45) is 5.84 Å². The summed E-state index contributed by atoms with van der Waals surface area (Å²) in [7, 11) is -6.83. The van der Waals surface area contributed by atoms with Crippen LogP contribution in [0.15, 0.2) is 46.3 Å². The molecule has 0 aliphatic rings. The van der Waals surface area contributed by atoms with Gasteiger partial charge >= 0.3 is 6.36 Å². The molecule has 1 heterocycles. The topological polar surface area (TPSA) is 155 Å². The Hall–Kier alpha value is -3.01. The van der Waals surface area contributed by atoms with Crippen LogP contribution >= 0.6 is 0 Å². The highest BCUT2D eigenvalue weighted by atomic mass is 32.2. The standard InChI is InChI=1S/C24H33F3N4O6SSi/c1-14(2)39(15(3)4,16(5)6)36-13-21(32)31(29)23(33)22-20(28)11-19(12-30-22)38(34,35)18-9-7-8-17(10-18)37-24(25,26)27/h7-12,14-16H,13,28-29H2,1-6H3. The molecule has 0 unspecified atom stereocenters. The van der Waals surface area contributed by atoms with Crippen molar-refractivity contribution in [3.05, 3.63) is 42.2 Å². The van der Waals surface area contributed by atoms with E-state index in [0.29, 0.717) is 11.1 Å². The van der Waals surface area contributed by atoms with Gasteiger partial charge in [0.25, 0.3) is 11.8 Å². The number of sulfone groups is 1. The van der Waals surface area contributed by atoms with E-state index in [-0.39, 0.29) is 16.6 Å². The molecule has 0 saturated carbocycles. The van der Waals surface area contributed by atoms with Crippen LogP contribution in [0.25, 0.3) is 0 Å². The number of hydrogen-bond acceptors (Lipinski definition) is 9. The van der Waals surface area contributed by atoms with E-state index in [2.05, 4.69) is 9.72 Å². The number of nitrogen functional groups attached to an aromatic ring is 1. The van der Waals surface area contributed by atoms with E-state index < -0.39 is 69.9 Å². The Morgan fingerprint density at radius 2 is 1.59 bits per heavy atom. The first-order valence-corrected chi connectivity index (χ1v) is 15.6. The van der Waals surface area contributed by atoms with E-state index in [1.807, 2.05) is 41.5 Å². The molecule has 0 aliphatic heterocycles. The van der Waals surface area contributed by atoms with Gasteiger partial charge in [0.05, 0.1) is 15.5 Å². The molecule has 0 fully saturated rings. The van der Waals surface area contributed by atoms with Crippen LogP contribution in [0.3, 0.4) is 0 Å². The largest absolute Gasteiger partial charge is 0.573 e. The van der Waals surface area contributed by atoms with Crippen LogP contribution in [0.5, 0.6) is 5.75 Å². The summed E-state index contributed by atoms with van der Waals surface area (Å²) < 4.78 is 73.4. The first kappa shape index (κ1) is 32.2. The molecule has 4 N–H and O–H groups in total. The molecule has 1 aromatic heterocycles. The molecule has 0 saturated heterocycles. The lowest BCUT2D eigenvalue weighted by atomic mass is 10.3. The fourth-order valence-corrected chi connectivity index (χ4v) is 11.4. The number of aromatic nitrogens is 1. The minimum Gasteiger partial charge on any atom is -0.407 e. The zero-order chi connectivity index (χ0) is 29.9. The molecule has 0 aliphatic carbocycles. The Bertz CT molecular complexity index is 1300. The maximum absolute atomic E-state index is 13.0. The molecule has 2 rings (SSSR count). The second kappa shape index (κ2) is 12.0. The number of rotatable bonds is 10. The van der Waals surface area contributed by atoms with Gasteiger partial charge in [-0.05, 0) is 40.9 Å². The normalized spacial score (nSPS) is 12.7. The Morgan fingerprint density at radius 1 is 1.03 bits per heavy atom. The highest BCUT2D eigenvalue weighted by Gasteiger charge is 2.45. The van der Waals surface area contributed by atoms with Gasteiger partial charge in [-0.2, -0.15) is 0 Å². The summed E-state index contributed by atoms with van der Waals surface area (Å²) >= 11 is 0. The molecule has 0 atom stereocenters. The Morgan fingerprint density at radius 3 is 2.08 bits per heavy atom. The van der Waals surface area contributed by atoms with Gasteiger partial charge in [0, 0.05) is 6.20 Å². The van der Waals surface area contributed by atoms with Gasteiger partial charge in [0.2, 0.25) is 18.2 Å². The van der Waals surface area contributed by atoms with Crippen molar-refractivity contribution in [3.63, 3.8) is 0 Å². The van der Waals surface area contributed by atoms with Crippen LogP contribution in [0.1, 0.15) is 52.0 Å². The number of carbonyl (C=O) groups is 2. The zero-order valence-electron chi connectivity index (χ0n) is 22.4. The van der Waals surface area contributed by atoms with Gasteiger partial charge in [-0.1, -0.05) is 47.6 Å². The van der Waals surface area contributed by atoms with E-state index in [4.69, 9.17) is 16.0 Å². The lowest BCUT2D eigenvalue weighted by molar-refractivity contribution is -0.274. The third-order valence-corrected chi connectivity index (χ3v) is 14.2. The molecule has 2 aromatic rings. The van der Waals surface area contributed by atoms with Crippen molar-refractivity contribution in [1.82, 2.24) is 9.99 Å². The monoisotopic (exact) mass is 590 g/mol. The van der Waals surface area contributed by atoms with Gasteiger partial charge < -0.3 is 14.9 Å². The van der Waals surface area contributed by atoms with Gasteiger partial charge in [-0.25, -0.2) is 24.3 Å². The third kappa shape index (κ3) is 7.15. The number of pyridine rings is 1. The summed E-state index contributed by atoms with van der Waals surface area (Å²) in [6.45, 7) is 11.7. The smallest absolute Gasteiger partial charge is 0.407 e. The number of benzene rings is 1. The van der Waals surface area contributed by atoms with Gasteiger partial charge in [0.1, 0.15) is 12.4 Å². The highest BCUT2D eigenvalue weighted by Crippen LogP contribution is 2.42. The van der Waals surface area contributed by atoms with Crippen LogP contribution in [-0.4, -0.2) is 51.5 Å². The summed E-state index contributed by atoms with van der Waals surface area (Å²) in [5.41, 5.74) is 5.51. The third-order valence-electron chi connectivity index (χ3n) is 6.39. The minimum atomic E-state index is -5.02. The van der Waals surface area contributed by atoms with Crippen molar-refractivity contribution in [2.75, 3.05) is 12.3 Å². The van der Waals surface area contributed by atoms with E-state index in [9.17, 15) is 31.2 Å². The van der Waals surface area contributed by atoms with Crippen LogP contribution in [0.4, 0.5) is 18.9 Å². The number of amides is 2. The Labute approximate surface area is 226 Å². The summed E-state index contributed by atoms with van der Waals surface area (Å²) in [6.07, 6.45) is -4.23. The predicted octanol–water partition coefficient (Wildman–Crippen LogP) is 4.43. The molecule has 39 heavy (non-hydrogen) atoms. The molecular weight excluding hydrogens is 557 g/mol. The van der Waals surface area contributed by atoms with Gasteiger partial charge in [-0.15, -0.1) is 13.2 Å². The number of halogens is 3. The van der Waals surface area contributed by atoms with E-state index >= 15 is 0 Å². The van der Waals surface area contributed by atoms with Crippen molar-refractivity contribution in [3.8, 4) is 5.75 Å². The Balaban J connectivity index is 2.27. The molecule has 10 nitrogen and oxygen atoms in total. The fraction of sp³-hybridized carbons (Fsp3) is 0.458. The zero-order valence-corrected chi connectivity index (χ0v) is 24.3. The lowest BCUT2D eigenvalue weighted by Gasteiger charge is -2.42. The van der Waals surface area contributed by atoms with Gasteiger partial charge in [0.15, 0.2) is 5.69 Å². The van der Waals surface area contributed by atoms with E-state index in [0.717, 1.165) is 30.5 Å². The first-order valence-electron chi connectivity index (χ1n) is 12.0. The number of nitrogens with zero attached hydrogens (tertiary/aromatic N) is 2. The number of anilines is 1. The first-order chi connectivity index (χ1) is 17.8. The second-order valence-corrected chi connectivity index (χ2v) is 17.2. The number of nitrogens with two attached hydrogens (primary N) is 2. The molecular formula is C24H33F3N4O6SSi. The molecule has 0 spiro atoms. The number of alkyl halides is 3. The Kier molecular flexibility index (Phi) is 9.92. The lowest BCUT2D eigenvalue weighted by Crippen LogP contribution is -2.52. The quantitative estimate of drug-likeness (QED) is 0.177. The van der Waals surface area contributed by atoms with Crippen molar-refractivity contribution >= 4 is 35.7 Å². The van der Waals surface area contributed by atoms with Crippen LogP contribution in [0.2, 0.25) is 16.6 Å². The summed E-state index contributed by atoms with van der Waals surface area (Å²) in [5, 5.41) is 0.310. The van der Waals surface area contributed by atoms with Crippen LogP contribution in [0, 0.1) is 0 Å². The predicted molar refractivity (Wildman–Crippen MR) is 140 cm³/mol. The number of imide groups is 1. The average Bonchev–Trinajstić information content (AvgIpc) is 2.81. The maximum atomic E-state index is 13.0. The van der Waals surface area contributed by atoms with Crippen molar-refractivity contribution in [1.29, 1.82) is 0 Å². The molecule has 216 valence electrons. The van der Waals surface area contributed by atoms with E-state index in [1.165, 1.54) is 0 Å². The van der Waals surface area contributed by atoms with E-state index in [1.54, 1.807) is 0 Å². The number of ether oxygens (including phenoxy) is 1. The molecule has 15 heteroatoms. The summed E-state index contributed by atoms with van der Waals surface area (Å²) in [6, 6.07) is 4.65. The summed E-state index contributed by atoms with van der Waals surface area (Å²) in [4.78, 5) is 28.4. The fourth-order valence-electron chi connectivity index (χ4n) is 4.75. The molecule has 0 radical (unpaired) electrons. The van der Waals surface area contributed by atoms with Crippen molar-refractivity contribution < 1.29 is 40.3 Å². The van der Waals surface area contributed by atoms with Crippen LogP contribution in [-0.2, 0) is 19.1 Å². The average molecular weight is 591 g/mol. The number of hydrogen-bond donors (Lipinski definition) is 2. The van der Waals surface area contributed by atoms with Crippen LogP contribution < -0.4 is 16.3 Å². The molecule has 2 amide bonds. The number of carbonyl (C=O) groups excluding carboxylic acids is 2. The number of hydrazine groups is 1. The molecule has 0 bridgehead atoms. The minimum absolute atomic E-state index is 0.180. The highest BCUT2D eigenvalue weighted by molar-refractivity contribution is 7.91. The maximum Gasteiger partial charge on any atom is 0.573 e. The second-order valence-electron chi connectivity index (χ2n) is 9.81. The van der Waals surface area contributed by atoms with Gasteiger partial charge in [-0.3, -0.25) is 9.59 Å². The summed E-state index contributed by atoms with van der Waals surface area (Å²) in [5.74, 6) is 3.09. The van der Waals surface area contributed by atoms with Crippen molar-refractivity contribution in [2.45, 2.75) is 74.3 Å². The molecule has 1 aromatic carbocycles.